The molecule has 2 saturated heterocycles. The van der Waals surface area contributed by atoms with Crippen molar-refractivity contribution in [2.75, 3.05) is 26.9 Å². The van der Waals surface area contributed by atoms with Crippen molar-refractivity contribution in [2.24, 2.45) is 0 Å². The van der Waals surface area contributed by atoms with Gasteiger partial charge in [-0.25, -0.2) is 0 Å². The molecule has 0 radical (unpaired) electrons. The highest BCUT2D eigenvalue weighted by Crippen LogP contribution is 2.31. The summed E-state index contributed by atoms with van der Waals surface area (Å²) in [6.07, 6.45) is -8.85. The maximum Gasteiger partial charge on any atom is 0.305 e. The lowest BCUT2D eigenvalue weighted by Crippen LogP contribution is -2.61. The summed E-state index contributed by atoms with van der Waals surface area (Å²) < 4.78 is 26.5. The normalized spacial score (nSPS) is 36.3. The highest BCUT2D eigenvalue weighted by atomic mass is 16.7. The highest BCUT2D eigenvalue weighted by Gasteiger charge is 2.52. The zero-order valence-corrected chi connectivity index (χ0v) is 19.9. The minimum absolute atomic E-state index is 0.217. The Hall–Kier alpha value is -0.970. The quantitative estimate of drug-likeness (QED) is 0.0898. The molecule has 2 rings (SSSR count). The molecule has 0 amide bonds. The molecule has 0 unspecified atom stereocenters. The van der Waals surface area contributed by atoms with Gasteiger partial charge in [-0.05, 0) is 12.8 Å². The van der Waals surface area contributed by atoms with E-state index in [1.54, 1.807) is 0 Å². The van der Waals surface area contributed by atoms with Crippen LogP contribution >= 0.6 is 0 Å². The number of carbonyl (C=O) groups excluding carboxylic acids is 1. The SMILES string of the molecule is COC(=O)CCCCCCCCO[C@H]1O[C@H](CO)[C@@H](O)[C@H](O[C@@H]2O[C@@H]([C@H](O)CO)[C@H](O)[C@H]2O)[C@@H]1O. The first kappa shape index (κ1) is 30.3. The first-order valence-electron chi connectivity index (χ1n) is 12.0. The predicted molar refractivity (Wildman–Crippen MR) is 117 cm³/mol. The summed E-state index contributed by atoms with van der Waals surface area (Å²) in [7, 11) is 1.36. The minimum Gasteiger partial charge on any atom is -0.469 e. The molecule has 206 valence electrons. The molecule has 0 spiro atoms. The van der Waals surface area contributed by atoms with Gasteiger partial charge in [0.15, 0.2) is 12.6 Å². The Morgan fingerprint density at radius 1 is 0.857 bits per heavy atom. The average molecular weight is 513 g/mol. The van der Waals surface area contributed by atoms with Crippen LogP contribution in [0.2, 0.25) is 0 Å². The third-order valence-corrected chi connectivity index (χ3v) is 6.22. The number of hydrogen-bond acceptors (Lipinski definition) is 13. The van der Waals surface area contributed by atoms with Gasteiger partial charge in [-0.3, -0.25) is 4.79 Å². The van der Waals surface area contributed by atoms with Crippen LogP contribution in [0.15, 0.2) is 0 Å². The number of unbranched alkanes of at least 4 members (excludes halogenated alkanes) is 5. The van der Waals surface area contributed by atoms with Crippen LogP contribution in [0.5, 0.6) is 0 Å². The lowest BCUT2D eigenvalue weighted by atomic mass is 9.98. The second kappa shape index (κ2) is 15.3. The first-order chi connectivity index (χ1) is 16.7. The molecule has 2 aliphatic rings. The van der Waals surface area contributed by atoms with Crippen LogP contribution in [0.3, 0.4) is 0 Å². The van der Waals surface area contributed by atoms with E-state index in [-0.39, 0.29) is 12.6 Å². The summed E-state index contributed by atoms with van der Waals surface area (Å²) in [5, 5.41) is 69.8. The van der Waals surface area contributed by atoms with Gasteiger partial charge in [-0.1, -0.05) is 25.7 Å². The second-order valence-corrected chi connectivity index (χ2v) is 8.83. The van der Waals surface area contributed by atoms with E-state index in [9.17, 15) is 35.4 Å². The van der Waals surface area contributed by atoms with Crippen molar-refractivity contribution in [2.45, 2.75) is 106 Å². The van der Waals surface area contributed by atoms with Gasteiger partial charge in [-0.2, -0.15) is 0 Å². The number of esters is 1. The molecule has 2 aliphatic heterocycles. The number of rotatable bonds is 15. The zero-order chi connectivity index (χ0) is 26.0. The number of methoxy groups -OCH3 is 1. The van der Waals surface area contributed by atoms with Crippen molar-refractivity contribution < 1.29 is 64.2 Å². The maximum atomic E-state index is 11.1. The third-order valence-electron chi connectivity index (χ3n) is 6.22. The summed E-state index contributed by atoms with van der Waals surface area (Å²) in [5.74, 6) is -0.217. The van der Waals surface area contributed by atoms with Crippen LogP contribution in [0.1, 0.15) is 44.9 Å². The van der Waals surface area contributed by atoms with Crippen LogP contribution in [-0.4, -0.2) is 130 Å². The van der Waals surface area contributed by atoms with Gasteiger partial charge < -0.3 is 59.4 Å². The molecular weight excluding hydrogens is 472 g/mol. The molecular formula is C22H40O13. The van der Waals surface area contributed by atoms with E-state index in [2.05, 4.69) is 4.74 Å². The molecule has 13 nitrogen and oxygen atoms in total. The van der Waals surface area contributed by atoms with E-state index in [1.807, 2.05) is 0 Å². The molecule has 0 aromatic carbocycles. The molecule has 10 atom stereocenters. The molecule has 2 fully saturated rings. The fourth-order valence-corrected chi connectivity index (χ4v) is 4.09. The van der Waals surface area contributed by atoms with Gasteiger partial charge >= 0.3 is 5.97 Å². The van der Waals surface area contributed by atoms with Crippen LogP contribution in [-0.2, 0) is 28.5 Å². The number of hydrogen-bond donors (Lipinski definition) is 7. The van der Waals surface area contributed by atoms with Crippen LogP contribution in [0, 0.1) is 0 Å². The van der Waals surface area contributed by atoms with Crippen molar-refractivity contribution in [1.29, 1.82) is 0 Å². The standard InChI is InChI=1S/C22H40O13/c1-31-14(26)8-6-4-2-3-5-7-9-32-21-18(30)20(15(27)13(11-24)33-21)35-22-17(29)16(28)19(34-22)12(25)10-23/h12-13,15-25,27-30H,2-11H2,1H3/t12-,13-,15-,16-,17-,18+,19+,20+,21+,22+/m1/s1. The monoisotopic (exact) mass is 512 g/mol. The smallest absolute Gasteiger partial charge is 0.305 e. The fraction of sp³-hybridized carbons (Fsp3) is 0.955. The lowest BCUT2D eigenvalue weighted by Gasteiger charge is -2.42. The van der Waals surface area contributed by atoms with Gasteiger partial charge in [0.2, 0.25) is 0 Å². The molecule has 0 aliphatic carbocycles. The highest BCUT2D eigenvalue weighted by molar-refractivity contribution is 5.68. The van der Waals surface area contributed by atoms with Crippen LogP contribution in [0.25, 0.3) is 0 Å². The van der Waals surface area contributed by atoms with Crippen LogP contribution in [0.4, 0.5) is 0 Å². The van der Waals surface area contributed by atoms with E-state index >= 15 is 0 Å². The number of ether oxygens (including phenoxy) is 5. The second-order valence-electron chi connectivity index (χ2n) is 8.83. The minimum atomic E-state index is -1.62. The molecule has 2 heterocycles. The van der Waals surface area contributed by atoms with E-state index < -0.39 is 74.6 Å². The van der Waals surface area contributed by atoms with Crippen molar-refractivity contribution in [3.63, 3.8) is 0 Å². The average Bonchev–Trinajstić information content (AvgIpc) is 3.14. The molecule has 0 aromatic rings. The van der Waals surface area contributed by atoms with E-state index in [1.165, 1.54) is 7.11 Å². The molecule has 35 heavy (non-hydrogen) atoms. The first-order valence-corrected chi connectivity index (χ1v) is 12.0. The van der Waals surface area contributed by atoms with E-state index in [0.717, 1.165) is 32.1 Å². The Kier molecular flexibility index (Phi) is 13.2. The molecule has 0 aromatic heterocycles. The number of carbonyl (C=O) groups is 1. The Morgan fingerprint density at radius 3 is 2.14 bits per heavy atom. The van der Waals surface area contributed by atoms with Gasteiger partial charge in [0.1, 0.15) is 48.8 Å². The maximum absolute atomic E-state index is 11.1. The van der Waals surface area contributed by atoms with Crippen molar-refractivity contribution in [3.8, 4) is 0 Å². The van der Waals surface area contributed by atoms with Crippen molar-refractivity contribution in [3.05, 3.63) is 0 Å². The van der Waals surface area contributed by atoms with Gasteiger partial charge in [-0.15, -0.1) is 0 Å². The largest absolute Gasteiger partial charge is 0.469 e. The lowest BCUT2D eigenvalue weighted by molar-refractivity contribution is -0.331. The fourth-order valence-electron chi connectivity index (χ4n) is 4.09. The van der Waals surface area contributed by atoms with Crippen molar-refractivity contribution in [1.82, 2.24) is 0 Å². The molecule has 7 N–H and O–H groups in total. The molecule has 13 heteroatoms. The molecule has 0 bridgehead atoms. The zero-order valence-electron chi connectivity index (χ0n) is 19.9. The third kappa shape index (κ3) is 8.54. The van der Waals surface area contributed by atoms with E-state index in [4.69, 9.17) is 24.1 Å². The summed E-state index contributed by atoms with van der Waals surface area (Å²) in [4.78, 5) is 11.1. The van der Waals surface area contributed by atoms with Gasteiger partial charge in [0, 0.05) is 13.0 Å². The Balaban J connectivity index is 1.80. The number of aliphatic hydroxyl groups is 7. The van der Waals surface area contributed by atoms with E-state index in [0.29, 0.717) is 12.8 Å². The summed E-state index contributed by atoms with van der Waals surface area (Å²) >= 11 is 0. The Morgan fingerprint density at radius 2 is 1.51 bits per heavy atom. The summed E-state index contributed by atoms with van der Waals surface area (Å²) in [6, 6.07) is 0. The Bertz CT molecular complexity index is 608. The molecule has 0 saturated carbocycles. The van der Waals surface area contributed by atoms with Crippen LogP contribution < -0.4 is 0 Å². The summed E-state index contributed by atoms with van der Waals surface area (Å²) in [5.41, 5.74) is 0. The summed E-state index contributed by atoms with van der Waals surface area (Å²) in [6.45, 7) is -1.09. The topological polar surface area (TPSA) is 205 Å². The van der Waals surface area contributed by atoms with Gasteiger partial charge in [0.25, 0.3) is 0 Å². The predicted octanol–water partition coefficient (Wildman–Crippen LogP) is -2.47. The Labute approximate surface area is 204 Å². The van der Waals surface area contributed by atoms with Gasteiger partial charge in [0.05, 0.1) is 20.3 Å². The number of aliphatic hydroxyl groups excluding tert-OH is 7. The van der Waals surface area contributed by atoms with Crippen molar-refractivity contribution >= 4 is 5.97 Å².